The fourth-order valence-corrected chi connectivity index (χ4v) is 2.93. The van der Waals surface area contributed by atoms with Gasteiger partial charge in [0.05, 0.1) is 6.61 Å². The minimum Gasteiger partial charge on any atom is -0.377 e. The van der Waals surface area contributed by atoms with Crippen molar-refractivity contribution in [3.63, 3.8) is 0 Å². The lowest BCUT2D eigenvalue weighted by atomic mass is 10.2. The molecule has 0 N–H and O–H groups in total. The highest BCUT2D eigenvalue weighted by Gasteiger charge is 2.36. The second-order valence-corrected chi connectivity index (χ2v) is 6.40. The van der Waals surface area contributed by atoms with Crippen LogP contribution in [0.1, 0.15) is 12.5 Å². The molecule has 0 aliphatic rings. The average Bonchev–Trinajstić information content (AvgIpc) is 2.33. The van der Waals surface area contributed by atoms with Crippen LogP contribution in [0.4, 0.5) is 0 Å². The van der Waals surface area contributed by atoms with Crippen molar-refractivity contribution in [3.05, 3.63) is 35.9 Å². The quantitative estimate of drug-likeness (QED) is 0.697. The van der Waals surface area contributed by atoms with Gasteiger partial charge >= 0.3 is 8.80 Å². The highest BCUT2D eigenvalue weighted by atomic mass is 28.4. The summed E-state index contributed by atoms with van der Waals surface area (Å²) >= 11 is 0. The zero-order valence-corrected chi connectivity index (χ0v) is 10.5. The highest BCUT2D eigenvalue weighted by Crippen LogP contribution is 2.15. The van der Waals surface area contributed by atoms with Crippen LogP contribution in [0.3, 0.4) is 0 Å². The summed E-state index contributed by atoms with van der Waals surface area (Å²) in [6.45, 7) is 2.56. The summed E-state index contributed by atoms with van der Waals surface area (Å²) in [5.41, 5.74) is 1.14. The zero-order valence-electron chi connectivity index (χ0n) is 9.53. The molecule has 0 amide bonds. The van der Waals surface area contributed by atoms with Crippen LogP contribution in [0.2, 0.25) is 6.04 Å². The van der Waals surface area contributed by atoms with Gasteiger partial charge in [-0.2, -0.15) is 0 Å². The van der Waals surface area contributed by atoms with E-state index < -0.39 is 8.80 Å². The third-order valence-electron chi connectivity index (χ3n) is 2.36. The van der Waals surface area contributed by atoms with Crippen LogP contribution >= 0.6 is 0 Å². The molecule has 0 atom stereocenters. The number of hydrogen-bond acceptors (Lipinski definition) is 3. The molecule has 0 aromatic heterocycles. The van der Waals surface area contributed by atoms with Crippen molar-refractivity contribution >= 4 is 8.80 Å². The molecule has 0 bridgehead atoms. The first-order valence-corrected chi connectivity index (χ1v) is 6.97. The van der Waals surface area contributed by atoms with E-state index in [0.29, 0.717) is 6.61 Å². The van der Waals surface area contributed by atoms with Gasteiger partial charge < -0.3 is 13.3 Å². The smallest absolute Gasteiger partial charge is 0.377 e. The lowest BCUT2D eigenvalue weighted by Crippen LogP contribution is -2.42. The van der Waals surface area contributed by atoms with Crippen molar-refractivity contribution in [3.8, 4) is 0 Å². The second kappa shape index (κ2) is 6.02. The summed E-state index contributed by atoms with van der Waals surface area (Å²) in [6, 6.07) is 10.8. The molecule has 0 saturated heterocycles. The molecule has 0 radical (unpaired) electrons. The summed E-state index contributed by atoms with van der Waals surface area (Å²) in [5.74, 6) is 0. The van der Waals surface area contributed by atoms with E-state index in [1.807, 2.05) is 37.3 Å². The molecular formula is C11H18O3Si. The second-order valence-electron chi connectivity index (χ2n) is 3.22. The molecule has 15 heavy (non-hydrogen) atoms. The lowest BCUT2D eigenvalue weighted by Gasteiger charge is -2.24. The third kappa shape index (κ3) is 3.42. The predicted octanol–water partition coefficient (Wildman–Crippen LogP) is 2.45. The van der Waals surface area contributed by atoms with E-state index in [-0.39, 0.29) is 0 Å². The van der Waals surface area contributed by atoms with Crippen molar-refractivity contribution in [2.75, 3.05) is 14.2 Å². The van der Waals surface area contributed by atoms with Crippen LogP contribution < -0.4 is 0 Å². The largest absolute Gasteiger partial charge is 0.500 e. The number of hydrogen-bond donors (Lipinski definition) is 0. The van der Waals surface area contributed by atoms with Crippen LogP contribution in [0.15, 0.2) is 30.3 Å². The third-order valence-corrected chi connectivity index (χ3v) is 5.05. The van der Waals surface area contributed by atoms with E-state index in [1.54, 1.807) is 14.2 Å². The molecule has 0 aliphatic carbocycles. The monoisotopic (exact) mass is 226 g/mol. The molecule has 0 saturated carbocycles. The molecular weight excluding hydrogens is 208 g/mol. The Balaban J connectivity index is 2.54. The van der Waals surface area contributed by atoms with Crippen LogP contribution in [0.25, 0.3) is 0 Å². The molecule has 0 unspecified atom stereocenters. The normalized spacial score (nSPS) is 11.7. The van der Waals surface area contributed by atoms with Gasteiger partial charge in [0, 0.05) is 20.3 Å². The molecule has 1 aromatic rings. The first-order valence-electron chi connectivity index (χ1n) is 5.04. The number of benzene rings is 1. The Labute approximate surface area is 92.3 Å². The van der Waals surface area contributed by atoms with Gasteiger partial charge in [0.25, 0.3) is 0 Å². The Kier molecular flexibility index (Phi) is 4.97. The molecule has 84 valence electrons. The van der Waals surface area contributed by atoms with Crippen molar-refractivity contribution < 1.29 is 13.3 Å². The first kappa shape index (κ1) is 12.4. The molecule has 0 aliphatic heterocycles. The van der Waals surface area contributed by atoms with Crippen molar-refractivity contribution in [2.24, 2.45) is 0 Å². The Morgan fingerprint density at radius 2 is 1.67 bits per heavy atom. The Bertz CT molecular complexity index is 264. The zero-order chi connectivity index (χ0) is 11.1. The molecule has 3 nitrogen and oxygen atoms in total. The molecule has 1 aromatic carbocycles. The van der Waals surface area contributed by atoms with Crippen molar-refractivity contribution in [1.29, 1.82) is 0 Å². The summed E-state index contributed by atoms with van der Waals surface area (Å²) in [5, 5.41) is 0. The summed E-state index contributed by atoms with van der Waals surface area (Å²) in [4.78, 5) is 0. The maximum atomic E-state index is 5.76. The van der Waals surface area contributed by atoms with E-state index in [2.05, 4.69) is 0 Å². The average molecular weight is 226 g/mol. The number of rotatable bonds is 6. The van der Waals surface area contributed by atoms with Gasteiger partial charge in [-0.05, 0) is 5.56 Å². The SMILES string of the molecule is CC[Si](OC)(OC)OCc1ccccc1. The summed E-state index contributed by atoms with van der Waals surface area (Å²) < 4.78 is 16.5. The summed E-state index contributed by atoms with van der Waals surface area (Å²) in [7, 11) is 0.886. The lowest BCUT2D eigenvalue weighted by molar-refractivity contribution is 0.0927. The fraction of sp³-hybridized carbons (Fsp3) is 0.455. The Hall–Kier alpha value is -0.683. The Morgan fingerprint density at radius 1 is 1.07 bits per heavy atom. The molecule has 1 rings (SSSR count). The van der Waals surface area contributed by atoms with Crippen LogP contribution in [0.5, 0.6) is 0 Å². The van der Waals surface area contributed by atoms with Gasteiger partial charge in [-0.25, -0.2) is 0 Å². The van der Waals surface area contributed by atoms with E-state index in [0.717, 1.165) is 11.6 Å². The van der Waals surface area contributed by atoms with Crippen LogP contribution in [0, 0.1) is 0 Å². The Morgan fingerprint density at radius 3 is 2.13 bits per heavy atom. The highest BCUT2D eigenvalue weighted by molar-refractivity contribution is 6.60. The maximum Gasteiger partial charge on any atom is 0.500 e. The predicted molar refractivity (Wildman–Crippen MR) is 61.5 cm³/mol. The minimum absolute atomic E-state index is 0.544. The van der Waals surface area contributed by atoms with Crippen LogP contribution in [-0.4, -0.2) is 23.0 Å². The molecule has 0 fully saturated rings. The van der Waals surface area contributed by atoms with Gasteiger partial charge in [-0.1, -0.05) is 37.3 Å². The van der Waals surface area contributed by atoms with Gasteiger partial charge in [0.1, 0.15) is 0 Å². The molecule has 4 heteroatoms. The maximum absolute atomic E-state index is 5.76. The van der Waals surface area contributed by atoms with E-state index >= 15 is 0 Å². The van der Waals surface area contributed by atoms with Gasteiger partial charge in [0.2, 0.25) is 0 Å². The first-order chi connectivity index (χ1) is 7.26. The standard InChI is InChI=1S/C11H18O3Si/c1-4-15(12-2,13-3)14-10-11-8-6-5-7-9-11/h5-9H,4,10H2,1-3H3. The van der Waals surface area contributed by atoms with Gasteiger partial charge in [0.15, 0.2) is 0 Å². The van der Waals surface area contributed by atoms with Crippen molar-refractivity contribution in [1.82, 2.24) is 0 Å². The van der Waals surface area contributed by atoms with E-state index in [1.165, 1.54) is 0 Å². The topological polar surface area (TPSA) is 27.7 Å². The molecule has 0 spiro atoms. The van der Waals surface area contributed by atoms with Crippen LogP contribution in [-0.2, 0) is 19.9 Å². The fourth-order valence-electron chi connectivity index (χ4n) is 1.36. The van der Waals surface area contributed by atoms with Gasteiger partial charge in [-0.15, -0.1) is 0 Å². The van der Waals surface area contributed by atoms with Crippen molar-refractivity contribution in [2.45, 2.75) is 19.6 Å². The molecule has 0 heterocycles. The minimum atomic E-state index is -2.40. The van der Waals surface area contributed by atoms with E-state index in [4.69, 9.17) is 13.3 Å². The summed E-state index contributed by atoms with van der Waals surface area (Å²) in [6.07, 6.45) is 0. The van der Waals surface area contributed by atoms with Gasteiger partial charge in [-0.3, -0.25) is 0 Å². The van der Waals surface area contributed by atoms with E-state index in [9.17, 15) is 0 Å².